The number of nitrogens with zero attached hydrogens (tertiary/aromatic N) is 2. The van der Waals surface area contributed by atoms with Crippen LogP contribution >= 0.6 is 0 Å². The van der Waals surface area contributed by atoms with E-state index in [4.69, 9.17) is 0 Å². The number of likely N-dealkylation sites (tertiary alicyclic amines) is 2. The number of fused-ring (bicyclic) bond motifs is 1. The van der Waals surface area contributed by atoms with Crippen LogP contribution in [0, 0.1) is 11.8 Å². The normalized spacial score (nSPS) is 29.3. The topological polar surface area (TPSA) is 57.7 Å². The van der Waals surface area contributed by atoms with Crippen LogP contribution < -0.4 is 0 Å². The third kappa shape index (κ3) is 1.52. The van der Waals surface area contributed by atoms with Gasteiger partial charge in [-0.2, -0.15) is 0 Å². The van der Waals surface area contributed by atoms with Gasteiger partial charge in [-0.25, -0.2) is 0 Å². The van der Waals surface area contributed by atoms with Crippen molar-refractivity contribution in [2.75, 3.05) is 13.6 Å². The first-order valence-corrected chi connectivity index (χ1v) is 6.74. The molecule has 2 aliphatic heterocycles. The second-order valence-electron chi connectivity index (χ2n) is 5.23. The summed E-state index contributed by atoms with van der Waals surface area (Å²) < 4.78 is 0. The molecule has 3 amide bonds. The molecule has 2 fully saturated rings. The van der Waals surface area contributed by atoms with Gasteiger partial charge in [0.15, 0.2) is 0 Å². The number of carbonyl (C=O) groups excluding carboxylic acids is 3. The molecule has 3 atom stereocenters. The zero-order valence-electron chi connectivity index (χ0n) is 11.4. The molecule has 0 N–H and O–H groups in total. The Balaban J connectivity index is 2.07. The van der Waals surface area contributed by atoms with Crippen molar-refractivity contribution in [1.82, 2.24) is 9.80 Å². The summed E-state index contributed by atoms with van der Waals surface area (Å²) in [6.07, 6.45) is 0. The van der Waals surface area contributed by atoms with Crippen LogP contribution in [0.2, 0.25) is 0 Å². The van der Waals surface area contributed by atoms with Crippen LogP contribution in [-0.4, -0.2) is 41.1 Å². The maximum Gasteiger partial charge on any atom is 0.242 e. The molecular formula is C15H16N2O3. The zero-order valence-corrected chi connectivity index (χ0v) is 11.4. The number of hydrogen-bond donors (Lipinski definition) is 0. The lowest BCUT2D eigenvalue weighted by Crippen LogP contribution is -2.37. The first-order valence-electron chi connectivity index (χ1n) is 6.74. The average molecular weight is 272 g/mol. The number of hydrogen-bond acceptors (Lipinski definition) is 3. The molecule has 0 aromatic heterocycles. The van der Waals surface area contributed by atoms with Crippen LogP contribution in [0.15, 0.2) is 30.3 Å². The number of rotatable bonds is 2. The smallest absolute Gasteiger partial charge is 0.242 e. The molecule has 104 valence electrons. The van der Waals surface area contributed by atoms with Gasteiger partial charge in [-0.3, -0.25) is 19.3 Å². The number of benzene rings is 1. The molecule has 0 aliphatic carbocycles. The van der Waals surface area contributed by atoms with E-state index < -0.39 is 11.8 Å². The lowest BCUT2D eigenvalue weighted by atomic mass is 9.88. The van der Waals surface area contributed by atoms with Gasteiger partial charge < -0.3 is 4.90 Å². The van der Waals surface area contributed by atoms with E-state index in [9.17, 15) is 14.4 Å². The third-order valence-corrected chi connectivity index (χ3v) is 4.27. The third-order valence-electron chi connectivity index (χ3n) is 4.27. The molecule has 0 saturated carbocycles. The fourth-order valence-electron chi connectivity index (χ4n) is 3.32. The van der Waals surface area contributed by atoms with E-state index in [1.165, 1.54) is 9.80 Å². The van der Waals surface area contributed by atoms with E-state index in [-0.39, 0.29) is 23.8 Å². The van der Waals surface area contributed by atoms with Gasteiger partial charge in [0.2, 0.25) is 17.7 Å². The van der Waals surface area contributed by atoms with E-state index in [2.05, 4.69) is 0 Å². The largest absolute Gasteiger partial charge is 0.337 e. The van der Waals surface area contributed by atoms with Crippen molar-refractivity contribution >= 4 is 17.7 Å². The molecule has 2 aliphatic rings. The number of amides is 3. The van der Waals surface area contributed by atoms with E-state index in [0.29, 0.717) is 6.54 Å². The van der Waals surface area contributed by atoms with Crippen LogP contribution in [-0.2, 0) is 14.4 Å². The Morgan fingerprint density at radius 2 is 1.65 bits per heavy atom. The minimum absolute atomic E-state index is 0.228. The molecule has 5 heteroatoms. The summed E-state index contributed by atoms with van der Waals surface area (Å²) in [5.74, 6) is -2.25. The Kier molecular flexibility index (Phi) is 2.85. The molecule has 2 saturated heterocycles. The van der Waals surface area contributed by atoms with Crippen molar-refractivity contribution in [1.29, 1.82) is 0 Å². The molecule has 5 nitrogen and oxygen atoms in total. The maximum atomic E-state index is 12.4. The minimum atomic E-state index is -0.836. The molecule has 0 spiro atoms. The summed E-state index contributed by atoms with van der Waals surface area (Å²) in [4.78, 5) is 39.7. The molecule has 0 radical (unpaired) electrons. The fraction of sp³-hybridized carbons (Fsp3) is 0.400. The highest BCUT2D eigenvalue weighted by atomic mass is 16.2. The van der Waals surface area contributed by atoms with Crippen LogP contribution in [0.1, 0.15) is 18.5 Å². The van der Waals surface area contributed by atoms with Gasteiger partial charge >= 0.3 is 0 Å². The standard InChI is InChI=1S/C15H16N2O3/c1-3-17-14(19)10-11(15(17)20)13(18)16(2)12(10)9-7-5-4-6-8-9/h4-8,10-12H,3H2,1-2H3/t10-,11+,12-/m1/s1. The highest BCUT2D eigenvalue weighted by Gasteiger charge is 2.61. The number of carbonyl (C=O) groups is 3. The number of imide groups is 1. The Hall–Kier alpha value is -2.17. The Morgan fingerprint density at radius 1 is 1.00 bits per heavy atom. The van der Waals surface area contributed by atoms with Crippen molar-refractivity contribution in [2.45, 2.75) is 13.0 Å². The molecule has 1 aromatic carbocycles. The lowest BCUT2D eigenvalue weighted by Gasteiger charge is -2.25. The Bertz CT molecular complexity index is 584. The van der Waals surface area contributed by atoms with Crippen molar-refractivity contribution in [3.05, 3.63) is 35.9 Å². The van der Waals surface area contributed by atoms with Gasteiger partial charge in [-0.05, 0) is 12.5 Å². The monoisotopic (exact) mass is 272 g/mol. The van der Waals surface area contributed by atoms with Gasteiger partial charge in [0, 0.05) is 13.6 Å². The molecule has 20 heavy (non-hydrogen) atoms. The summed E-state index contributed by atoms with van der Waals surface area (Å²) in [5.41, 5.74) is 0.898. The predicted molar refractivity (Wildman–Crippen MR) is 71.3 cm³/mol. The highest BCUT2D eigenvalue weighted by molar-refractivity contribution is 6.17. The summed E-state index contributed by atoms with van der Waals surface area (Å²) in [5, 5.41) is 0. The highest BCUT2D eigenvalue weighted by Crippen LogP contribution is 2.45. The van der Waals surface area contributed by atoms with Crippen LogP contribution in [0.25, 0.3) is 0 Å². The van der Waals surface area contributed by atoms with Crippen molar-refractivity contribution in [2.24, 2.45) is 11.8 Å². The quantitative estimate of drug-likeness (QED) is 0.591. The van der Waals surface area contributed by atoms with Crippen LogP contribution in [0.4, 0.5) is 0 Å². The fourth-order valence-corrected chi connectivity index (χ4v) is 3.32. The maximum absolute atomic E-state index is 12.4. The molecular weight excluding hydrogens is 256 g/mol. The SMILES string of the molecule is CCN1C(=O)[C@@H]2C(=O)N(C)[C@H](c3ccccc3)[C@@H]2C1=O. The minimum Gasteiger partial charge on any atom is -0.337 e. The summed E-state index contributed by atoms with van der Waals surface area (Å²) in [6, 6.07) is 9.07. The first kappa shape index (κ1) is 12.8. The van der Waals surface area contributed by atoms with E-state index in [1.54, 1.807) is 14.0 Å². The van der Waals surface area contributed by atoms with Crippen LogP contribution in [0.3, 0.4) is 0 Å². The summed E-state index contributed by atoms with van der Waals surface area (Å²) >= 11 is 0. The van der Waals surface area contributed by atoms with Crippen molar-refractivity contribution in [3.8, 4) is 0 Å². The van der Waals surface area contributed by atoms with Crippen molar-refractivity contribution < 1.29 is 14.4 Å². The zero-order chi connectivity index (χ0) is 14.4. The molecule has 1 aromatic rings. The van der Waals surface area contributed by atoms with Gasteiger partial charge in [0.05, 0.1) is 12.0 Å². The van der Waals surface area contributed by atoms with Crippen LogP contribution in [0.5, 0.6) is 0 Å². The Labute approximate surface area is 117 Å². The predicted octanol–water partition coefficient (Wildman–Crippen LogP) is 0.821. The van der Waals surface area contributed by atoms with Gasteiger partial charge in [0.1, 0.15) is 5.92 Å². The summed E-state index contributed by atoms with van der Waals surface area (Å²) in [6.45, 7) is 2.08. The van der Waals surface area contributed by atoms with Gasteiger partial charge in [0.25, 0.3) is 0 Å². The average Bonchev–Trinajstić information content (AvgIpc) is 2.86. The molecule has 3 rings (SSSR count). The van der Waals surface area contributed by atoms with Gasteiger partial charge in [-0.15, -0.1) is 0 Å². The molecule has 2 heterocycles. The first-order chi connectivity index (χ1) is 9.57. The lowest BCUT2D eigenvalue weighted by molar-refractivity contribution is -0.143. The van der Waals surface area contributed by atoms with E-state index in [1.807, 2.05) is 30.3 Å². The second-order valence-corrected chi connectivity index (χ2v) is 5.23. The molecule has 0 unspecified atom stereocenters. The van der Waals surface area contributed by atoms with E-state index in [0.717, 1.165) is 5.56 Å². The molecule has 0 bridgehead atoms. The second kappa shape index (κ2) is 4.44. The Morgan fingerprint density at radius 3 is 2.25 bits per heavy atom. The van der Waals surface area contributed by atoms with E-state index >= 15 is 0 Å². The van der Waals surface area contributed by atoms with Crippen molar-refractivity contribution in [3.63, 3.8) is 0 Å². The summed E-state index contributed by atoms with van der Waals surface area (Å²) in [7, 11) is 1.66. The van der Waals surface area contributed by atoms with Gasteiger partial charge in [-0.1, -0.05) is 30.3 Å².